The summed E-state index contributed by atoms with van der Waals surface area (Å²) in [6.07, 6.45) is 2.62. The molecule has 0 fully saturated rings. The van der Waals surface area contributed by atoms with Gasteiger partial charge in [-0.2, -0.15) is 0 Å². The van der Waals surface area contributed by atoms with E-state index in [1.54, 1.807) is 4.90 Å². The number of hydrogen-bond donors (Lipinski definition) is 1. The number of carbonyl (C=O) groups is 2. The Hall–Kier alpha value is -2.83. The SMILES string of the molecule is O=C(CN1C(=O)C(=Cc2cccc(Br)c2)Sc2ccccc21)NCCc1ccccc1. The van der Waals surface area contributed by atoms with Crippen LogP contribution in [-0.2, 0) is 16.0 Å². The molecule has 2 amide bonds. The summed E-state index contributed by atoms with van der Waals surface area (Å²) in [5, 5.41) is 2.94. The quantitative estimate of drug-likeness (QED) is 0.475. The molecule has 0 aromatic heterocycles. The van der Waals surface area contributed by atoms with Crippen LogP contribution in [-0.4, -0.2) is 24.9 Å². The van der Waals surface area contributed by atoms with Crippen molar-refractivity contribution in [3.63, 3.8) is 0 Å². The Kier molecular flexibility index (Phi) is 6.89. The molecule has 156 valence electrons. The van der Waals surface area contributed by atoms with Gasteiger partial charge in [0.15, 0.2) is 0 Å². The molecule has 3 aromatic carbocycles. The van der Waals surface area contributed by atoms with E-state index in [1.807, 2.05) is 84.9 Å². The first kappa shape index (κ1) is 21.4. The average Bonchev–Trinajstić information content (AvgIpc) is 2.77. The summed E-state index contributed by atoms with van der Waals surface area (Å²) < 4.78 is 0.949. The third kappa shape index (κ3) is 5.46. The van der Waals surface area contributed by atoms with Crippen molar-refractivity contribution in [2.45, 2.75) is 11.3 Å². The Balaban J connectivity index is 1.50. The maximum atomic E-state index is 13.3. The number of halogens is 1. The number of carbonyl (C=O) groups excluding carboxylic acids is 2. The van der Waals surface area contributed by atoms with Crippen LogP contribution in [0.15, 0.2) is 93.1 Å². The Morgan fingerprint density at radius 2 is 1.77 bits per heavy atom. The zero-order chi connectivity index (χ0) is 21.6. The fraction of sp³-hybridized carbons (Fsp3) is 0.120. The lowest BCUT2D eigenvalue weighted by Gasteiger charge is -2.29. The van der Waals surface area contributed by atoms with Crippen LogP contribution in [0.4, 0.5) is 5.69 Å². The molecule has 4 rings (SSSR count). The van der Waals surface area contributed by atoms with Gasteiger partial charge >= 0.3 is 0 Å². The van der Waals surface area contributed by atoms with Crippen LogP contribution < -0.4 is 10.2 Å². The van der Waals surface area contributed by atoms with Crippen LogP contribution in [0.2, 0.25) is 0 Å². The molecule has 3 aromatic rings. The number of hydrogen-bond acceptors (Lipinski definition) is 3. The van der Waals surface area contributed by atoms with Gasteiger partial charge in [0.1, 0.15) is 6.54 Å². The van der Waals surface area contributed by atoms with Crippen molar-refractivity contribution in [2.75, 3.05) is 18.0 Å². The van der Waals surface area contributed by atoms with Crippen LogP contribution in [0.3, 0.4) is 0 Å². The molecule has 0 unspecified atom stereocenters. The molecule has 1 heterocycles. The molecule has 0 atom stereocenters. The highest BCUT2D eigenvalue weighted by Gasteiger charge is 2.30. The Morgan fingerprint density at radius 3 is 2.58 bits per heavy atom. The minimum Gasteiger partial charge on any atom is -0.354 e. The molecule has 0 aliphatic carbocycles. The summed E-state index contributed by atoms with van der Waals surface area (Å²) in [6, 6.07) is 25.5. The van der Waals surface area contributed by atoms with E-state index >= 15 is 0 Å². The van der Waals surface area contributed by atoms with Crippen LogP contribution in [0.5, 0.6) is 0 Å². The predicted molar refractivity (Wildman–Crippen MR) is 130 cm³/mol. The second-order valence-corrected chi connectivity index (χ2v) is 9.11. The van der Waals surface area contributed by atoms with Crippen molar-refractivity contribution in [3.05, 3.63) is 99.4 Å². The van der Waals surface area contributed by atoms with Gasteiger partial charge in [-0.1, -0.05) is 82.3 Å². The summed E-state index contributed by atoms with van der Waals surface area (Å²) in [5.41, 5.74) is 2.86. The number of amides is 2. The van der Waals surface area contributed by atoms with E-state index in [4.69, 9.17) is 0 Å². The highest BCUT2D eigenvalue weighted by molar-refractivity contribution is 9.10. The van der Waals surface area contributed by atoms with Crippen LogP contribution in [0.25, 0.3) is 6.08 Å². The first-order chi connectivity index (χ1) is 15.1. The molecule has 0 bridgehead atoms. The molecule has 0 saturated heterocycles. The second kappa shape index (κ2) is 9.98. The first-order valence-corrected chi connectivity index (χ1v) is 11.6. The summed E-state index contributed by atoms with van der Waals surface area (Å²) in [4.78, 5) is 29.0. The number of rotatable bonds is 6. The summed E-state index contributed by atoms with van der Waals surface area (Å²) in [6.45, 7) is 0.517. The van der Waals surface area contributed by atoms with Gasteiger partial charge in [-0.3, -0.25) is 14.5 Å². The van der Waals surface area contributed by atoms with Crippen molar-refractivity contribution in [1.82, 2.24) is 5.32 Å². The van der Waals surface area contributed by atoms with Crippen LogP contribution in [0, 0.1) is 0 Å². The molecule has 1 aliphatic rings. The van der Waals surface area contributed by atoms with Crippen molar-refractivity contribution in [3.8, 4) is 0 Å². The third-order valence-corrected chi connectivity index (χ3v) is 6.43. The standard InChI is InChI=1S/C25H21BrN2O2S/c26-20-10-6-9-19(15-20)16-23-25(30)28(21-11-4-5-12-22(21)31-23)17-24(29)27-14-13-18-7-2-1-3-8-18/h1-12,15-16H,13-14,17H2,(H,27,29). The maximum absolute atomic E-state index is 13.3. The molecular formula is C25H21BrN2O2S. The second-order valence-electron chi connectivity index (χ2n) is 7.11. The molecular weight excluding hydrogens is 472 g/mol. The van der Waals surface area contributed by atoms with E-state index in [1.165, 1.54) is 11.8 Å². The average molecular weight is 493 g/mol. The number of nitrogens with zero attached hydrogens (tertiary/aromatic N) is 1. The minimum atomic E-state index is -0.173. The fourth-order valence-corrected chi connectivity index (χ4v) is 4.83. The summed E-state index contributed by atoms with van der Waals surface area (Å²) in [5.74, 6) is -0.338. The van der Waals surface area contributed by atoms with Crippen molar-refractivity contribution in [2.24, 2.45) is 0 Å². The lowest BCUT2D eigenvalue weighted by Crippen LogP contribution is -2.43. The number of anilines is 1. The number of benzene rings is 3. The molecule has 0 saturated carbocycles. The van der Waals surface area contributed by atoms with Gasteiger partial charge in [-0.25, -0.2) is 0 Å². The van der Waals surface area contributed by atoms with Gasteiger partial charge in [0.2, 0.25) is 5.91 Å². The normalized spacial score (nSPS) is 14.4. The van der Waals surface area contributed by atoms with Crippen molar-refractivity contribution in [1.29, 1.82) is 0 Å². The van der Waals surface area contributed by atoms with Gasteiger partial charge in [0.05, 0.1) is 10.6 Å². The minimum absolute atomic E-state index is 0.0129. The maximum Gasteiger partial charge on any atom is 0.265 e. The largest absolute Gasteiger partial charge is 0.354 e. The van der Waals surface area contributed by atoms with Gasteiger partial charge < -0.3 is 5.32 Å². The lowest BCUT2D eigenvalue weighted by atomic mass is 10.1. The molecule has 0 radical (unpaired) electrons. The lowest BCUT2D eigenvalue weighted by molar-refractivity contribution is -0.122. The zero-order valence-corrected chi connectivity index (χ0v) is 19.2. The van der Waals surface area contributed by atoms with Crippen LogP contribution >= 0.6 is 27.7 Å². The molecule has 6 heteroatoms. The zero-order valence-electron chi connectivity index (χ0n) is 16.8. The van der Waals surface area contributed by atoms with Crippen molar-refractivity contribution < 1.29 is 9.59 Å². The highest BCUT2D eigenvalue weighted by Crippen LogP contribution is 2.41. The number of nitrogens with one attached hydrogen (secondary N) is 1. The van der Waals surface area contributed by atoms with E-state index in [0.717, 1.165) is 32.6 Å². The highest BCUT2D eigenvalue weighted by atomic mass is 79.9. The number of para-hydroxylation sites is 1. The summed E-state index contributed by atoms with van der Waals surface area (Å²) in [7, 11) is 0. The van der Waals surface area contributed by atoms with E-state index in [2.05, 4.69) is 21.2 Å². The van der Waals surface area contributed by atoms with E-state index in [9.17, 15) is 9.59 Å². The molecule has 4 nitrogen and oxygen atoms in total. The van der Waals surface area contributed by atoms with Crippen molar-refractivity contribution >= 4 is 51.3 Å². The smallest absolute Gasteiger partial charge is 0.265 e. The third-order valence-electron chi connectivity index (χ3n) is 4.86. The van der Waals surface area contributed by atoms with Gasteiger partial charge in [-0.05, 0) is 47.9 Å². The fourth-order valence-electron chi connectivity index (χ4n) is 3.36. The van der Waals surface area contributed by atoms with Crippen LogP contribution in [0.1, 0.15) is 11.1 Å². The predicted octanol–water partition coefficient (Wildman–Crippen LogP) is 5.29. The van der Waals surface area contributed by atoms with E-state index in [0.29, 0.717) is 11.4 Å². The Morgan fingerprint density at radius 1 is 1.00 bits per heavy atom. The van der Waals surface area contributed by atoms with E-state index < -0.39 is 0 Å². The summed E-state index contributed by atoms with van der Waals surface area (Å²) >= 11 is 4.90. The molecule has 1 aliphatic heterocycles. The van der Waals surface area contributed by atoms with E-state index in [-0.39, 0.29) is 18.4 Å². The van der Waals surface area contributed by atoms with Gasteiger partial charge in [0, 0.05) is 15.9 Å². The monoisotopic (exact) mass is 492 g/mol. The number of thioether (sulfide) groups is 1. The Labute approximate surface area is 194 Å². The molecule has 1 N–H and O–H groups in total. The molecule has 0 spiro atoms. The van der Waals surface area contributed by atoms with Gasteiger partial charge in [-0.15, -0.1) is 0 Å². The first-order valence-electron chi connectivity index (χ1n) is 9.97. The van der Waals surface area contributed by atoms with Gasteiger partial charge in [0.25, 0.3) is 5.91 Å². The molecule has 31 heavy (non-hydrogen) atoms. The number of fused-ring (bicyclic) bond motifs is 1. The topological polar surface area (TPSA) is 49.4 Å². The Bertz CT molecular complexity index is 1130.